The quantitative estimate of drug-likeness (QED) is 0.529. The van der Waals surface area contributed by atoms with Crippen molar-refractivity contribution in [1.29, 1.82) is 0 Å². The van der Waals surface area contributed by atoms with Crippen LogP contribution in [0.3, 0.4) is 0 Å². The van der Waals surface area contributed by atoms with Crippen molar-refractivity contribution in [3.05, 3.63) is 72.0 Å². The Morgan fingerprint density at radius 1 is 0.844 bits per heavy atom. The van der Waals surface area contributed by atoms with Gasteiger partial charge in [-0.15, -0.1) is 0 Å². The molecule has 0 saturated heterocycles. The number of anilines is 2. The minimum absolute atomic E-state index is 0.0567. The lowest BCUT2D eigenvalue weighted by atomic mass is 10.2. The summed E-state index contributed by atoms with van der Waals surface area (Å²) in [6.07, 6.45) is 0. The molecule has 0 aliphatic rings. The highest BCUT2D eigenvalue weighted by molar-refractivity contribution is 7.92. The smallest absolute Gasteiger partial charge is 0.262 e. The van der Waals surface area contributed by atoms with Crippen LogP contribution in [0.4, 0.5) is 15.8 Å². The first kappa shape index (κ1) is 22.9. The van der Waals surface area contributed by atoms with Gasteiger partial charge in [-0.3, -0.25) is 9.52 Å². The summed E-state index contributed by atoms with van der Waals surface area (Å²) in [6.45, 7) is 0. The average molecular weight is 460 g/mol. The Morgan fingerprint density at radius 2 is 1.50 bits per heavy atom. The van der Waals surface area contributed by atoms with E-state index in [1.54, 1.807) is 12.1 Å². The van der Waals surface area contributed by atoms with Crippen LogP contribution >= 0.6 is 0 Å². The third-order valence-electron chi connectivity index (χ3n) is 4.50. The molecule has 0 aliphatic carbocycles. The van der Waals surface area contributed by atoms with Crippen LogP contribution in [0, 0.1) is 5.82 Å². The summed E-state index contributed by atoms with van der Waals surface area (Å²) in [5, 5.41) is 2.49. The molecule has 0 saturated carbocycles. The zero-order valence-electron chi connectivity index (χ0n) is 17.5. The molecule has 0 spiro atoms. The first-order valence-electron chi connectivity index (χ1n) is 9.28. The highest BCUT2D eigenvalue weighted by Gasteiger charge is 2.21. The normalized spacial score (nSPS) is 10.9. The first-order valence-corrected chi connectivity index (χ1v) is 10.8. The van der Waals surface area contributed by atoms with E-state index in [1.807, 2.05) is 0 Å². The van der Waals surface area contributed by atoms with Gasteiger partial charge in [-0.05, 0) is 42.5 Å². The number of rotatable bonds is 8. The summed E-state index contributed by atoms with van der Waals surface area (Å²) in [7, 11) is 0.128. The third-order valence-corrected chi connectivity index (χ3v) is 5.86. The molecular weight excluding hydrogens is 439 g/mol. The molecule has 3 aromatic rings. The minimum Gasteiger partial charge on any atom is -0.497 e. The molecule has 0 heterocycles. The van der Waals surface area contributed by atoms with Gasteiger partial charge in [0.25, 0.3) is 15.9 Å². The highest BCUT2D eigenvalue weighted by atomic mass is 32.2. The van der Waals surface area contributed by atoms with E-state index in [4.69, 9.17) is 14.2 Å². The third kappa shape index (κ3) is 4.92. The summed E-state index contributed by atoms with van der Waals surface area (Å²) in [6, 6.07) is 14.0. The fourth-order valence-electron chi connectivity index (χ4n) is 2.88. The molecule has 1 amide bonds. The maximum atomic E-state index is 13.9. The Bertz CT molecular complexity index is 1250. The summed E-state index contributed by atoms with van der Waals surface area (Å²) in [5.74, 6) is -0.544. The minimum atomic E-state index is -4.09. The van der Waals surface area contributed by atoms with Crippen molar-refractivity contribution < 1.29 is 31.8 Å². The van der Waals surface area contributed by atoms with Gasteiger partial charge in [0.2, 0.25) is 0 Å². The fraction of sp³-hybridized carbons (Fsp3) is 0.136. The number of amides is 1. The zero-order valence-corrected chi connectivity index (χ0v) is 18.3. The SMILES string of the molecule is COc1ccc(OC)c(NS(=O)(=O)c2ccc(OC)c(NC(=O)c3ccccc3F)c2)c1. The van der Waals surface area contributed by atoms with Crippen LogP contribution in [-0.4, -0.2) is 35.7 Å². The molecule has 8 nitrogen and oxygen atoms in total. The average Bonchev–Trinajstić information content (AvgIpc) is 2.78. The van der Waals surface area contributed by atoms with E-state index in [-0.39, 0.29) is 33.3 Å². The van der Waals surface area contributed by atoms with E-state index in [9.17, 15) is 17.6 Å². The topological polar surface area (TPSA) is 103 Å². The number of ether oxygens (including phenoxy) is 3. The van der Waals surface area contributed by atoms with Crippen LogP contribution < -0.4 is 24.2 Å². The number of nitrogens with one attached hydrogen (secondary N) is 2. The lowest BCUT2D eigenvalue weighted by Gasteiger charge is -2.15. The van der Waals surface area contributed by atoms with Gasteiger partial charge >= 0.3 is 0 Å². The van der Waals surface area contributed by atoms with E-state index in [0.717, 1.165) is 6.07 Å². The van der Waals surface area contributed by atoms with E-state index in [0.29, 0.717) is 5.75 Å². The van der Waals surface area contributed by atoms with E-state index >= 15 is 0 Å². The van der Waals surface area contributed by atoms with Crippen LogP contribution in [-0.2, 0) is 10.0 Å². The molecule has 0 fully saturated rings. The largest absolute Gasteiger partial charge is 0.497 e. The molecule has 32 heavy (non-hydrogen) atoms. The Labute approximate surface area is 185 Å². The molecule has 168 valence electrons. The summed E-state index contributed by atoms with van der Waals surface area (Å²) >= 11 is 0. The van der Waals surface area contributed by atoms with E-state index in [2.05, 4.69) is 10.0 Å². The van der Waals surface area contributed by atoms with Crippen LogP contribution in [0.25, 0.3) is 0 Å². The van der Waals surface area contributed by atoms with Gasteiger partial charge in [-0.25, -0.2) is 12.8 Å². The van der Waals surface area contributed by atoms with Gasteiger partial charge in [-0.1, -0.05) is 12.1 Å². The van der Waals surface area contributed by atoms with Gasteiger partial charge in [0, 0.05) is 6.07 Å². The Morgan fingerprint density at radius 3 is 2.16 bits per heavy atom. The summed E-state index contributed by atoms with van der Waals surface area (Å²) in [4.78, 5) is 12.3. The standard InChI is InChI=1S/C22H21FN2O6S/c1-29-14-8-10-21(31-3)19(12-14)25-32(27,28)15-9-11-20(30-2)18(13-15)24-22(26)16-6-4-5-7-17(16)23/h4-13,25H,1-3H3,(H,24,26). The number of sulfonamides is 1. The maximum Gasteiger partial charge on any atom is 0.262 e. The maximum absolute atomic E-state index is 13.9. The lowest BCUT2D eigenvalue weighted by molar-refractivity contribution is 0.102. The van der Waals surface area contributed by atoms with Crippen molar-refractivity contribution in [1.82, 2.24) is 0 Å². The summed E-state index contributed by atoms with van der Waals surface area (Å²) in [5.41, 5.74) is 0.0305. The Balaban J connectivity index is 1.95. The van der Waals surface area contributed by atoms with Crippen molar-refractivity contribution in [3.8, 4) is 17.2 Å². The number of carbonyl (C=O) groups excluding carboxylic acids is 1. The second-order valence-electron chi connectivity index (χ2n) is 6.47. The molecule has 3 rings (SSSR count). The first-order chi connectivity index (χ1) is 15.3. The number of benzene rings is 3. The Hall–Kier alpha value is -3.79. The highest BCUT2D eigenvalue weighted by Crippen LogP contribution is 2.33. The van der Waals surface area contributed by atoms with Crippen LogP contribution in [0.5, 0.6) is 17.2 Å². The number of hydrogen-bond donors (Lipinski definition) is 2. The molecule has 3 aromatic carbocycles. The van der Waals surface area contributed by atoms with Crippen molar-refractivity contribution >= 4 is 27.3 Å². The monoisotopic (exact) mass is 460 g/mol. The predicted molar refractivity (Wildman–Crippen MR) is 118 cm³/mol. The van der Waals surface area contributed by atoms with Crippen molar-refractivity contribution in [3.63, 3.8) is 0 Å². The molecule has 0 aromatic heterocycles. The van der Waals surface area contributed by atoms with Crippen molar-refractivity contribution in [2.45, 2.75) is 4.90 Å². The lowest BCUT2D eigenvalue weighted by Crippen LogP contribution is -2.17. The van der Waals surface area contributed by atoms with Crippen LogP contribution in [0.2, 0.25) is 0 Å². The molecule has 0 aliphatic heterocycles. The molecular formula is C22H21FN2O6S. The van der Waals surface area contributed by atoms with Gasteiger partial charge in [-0.2, -0.15) is 0 Å². The van der Waals surface area contributed by atoms with Gasteiger partial charge in [0.05, 0.1) is 43.2 Å². The van der Waals surface area contributed by atoms with Gasteiger partial charge < -0.3 is 19.5 Å². The van der Waals surface area contributed by atoms with Crippen LogP contribution in [0.1, 0.15) is 10.4 Å². The molecule has 10 heteroatoms. The van der Waals surface area contributed by atoms with E-state index in [1.165, 1.54) is 63.8 Å². The van der Waals surface area contributed by atoms with Gasteiger partial charge in [0.1, 0.15) is 23.1 Å². The second-order valence-corrected chi connectivity index (χ2v) is 8.15. The number of carbonyl (C=O) groups is 1. The predicted octanol–water partition coefficient (Wildman–Crippen LogP) is 3.90. The second kappa shape index (κ2) is 9.56. The summed E-state index contributed by atoms with van der Waals surface area (Å²) < 4.78 is 58.0. The molecule has 0 atom stereocenters. The van der Waals surface area contributed by atoms with Crippen LogP contribution in [0.15, 0.2) is 65.6 Å². The van der Waals surface area contributed by atoms with Gasteiger partial charge in [0.15, 0.2) is 0 Å². The van der Waals surface area contributed by atoms with E-state index < -0.39 is 21.7 Å². The Kier molecular flexibility index (Phi) is 6.84. The molecule has 0 bridgehead atoms. The number of halogens is 1. The van der Waals surface area contributed by atoms with Crippen molar-refractivity contribution in [2.75, 3.05) is 31.4 Å². The molecule has 2 N–H and O–H groups in total. The van der Waals surface area contributed by atoms with Crippen molar-refractivity contribution in [2.24, 2.45) is 0 Å². The zero-order chi connectivity index (χ0) is 23.3. The number of methoxy groups -OCH3 is 3. The fourth-order valence-corrected chi connectivity index (χ4v) is 3.97. The number of hydrogen-bond acceptors (Lipinski definition) is 6. The molecule has 0 radical (unpaired) electrons. The molecule has 0 unspecified atom stereocenters.